The lowest BCUT2D eigenvalue weighted by molar-refractivity contribution is -0.126. The minimum Gasteiger partial charge on any atom is -0.339 e. The van der Waals surface area contributed by atoms with Gasteiger partial charge in [-0.05, 0) is 30.5 Å². The molecular weight excluding hydrogens is 370 g/mol. The molecule has 146 valence electrons. The van der Waals surface area contributed by atoms with E-state index in [2.05, 4.69) is 32.3 Å². The second kappa shape index (κ2) is 6.40. The van der Waals surface area contributed by atoms with Crippen molar-refractivity contribution in [1.82, 2.24) is 30.0 Å². The van der Waals surface area contributed by atoms with Gasteiger partial charge < -0.3 is 15.5 Å². The number of hydrogen-bond donors (Lipinski definition) is 2. The summed E-state index contributed by atoms with van der Waals surface area (Å²) >= 11 is 0. The number of carbonyl (C=O) groups is 2. The van der Waals surface area contributed by atoms with Gasteiger partial charge in [0.25, 0.3) is 5.91 Å². The van der Waals surface area contributed by atoms with E-state index >= 15 is 0 Å². The van der Waals surface area contributed by atoms with Crippen molar-refractivity contribution in [3.63, 3.8) is 0 Å². The zero-order chi connectivity index (χ0) is 20.1. The molecule has 2 aliphatic heterocycles. The molecule has 9 nitrogen and oxygen atoms in total. The number of piperidine rings is 1. The van der Waals surface area contributed by atoms with E-state index in [1.54, 1.807) is 15.8 Å². The lowest BCUT2D eigenvalue weighted by atomic mass is 10.0. The molecule has 0 radical (unpaired) electrons. The first-order valence-corrected chi connectivity index (χ1v) is 9.33. The molecule has 5 rings (SSSR count). The van der Waals surface area contributed by atoms with Crippen LogP contribution in [-0.2, 0) is 18.4 Å². The van der Waals surface area contributed by atoms with Gasteiger partial charge >= 0.3 is 0 Å². The van der Waals surface area contributed by atoms with Crippen LogP contribution in [0.3, 0.4) is 0 Å². The second-order valence-electron chi connectivity index (χ2n) is 7.30. The number of allylic oxidation sites excluding steroid dienone is 1. The van der Waals surface area contributed by atoms with Gasteiger partial charge in [0, 0.05) is 30.5 Å². The quantitative estimate of drug-likeness (QED) is 0.708. The van der Waals surface area contributed by atoms with Gasteiger partial charge in [-0.1, -0.05) is 12.6 Å². The second-order valence-corrected chi connectivity index (χ2v) is 7.30. The van der Waals surface area contributed by atoms with Gasteiger partial charge in [0.15, 0.2) is 5.65 Å². The molecule has 1 fully saturated rings. The van der Waals surface area contributed by atoms with Crippen LogP contribution >= 0.6 is 0 Å². The van der Waals surface area contributed by atoms with Crippen LogP contribution in [0.15, 0.2) is 43.0 Å². The SMILES string of the molecule is C=C1CCC(N2Cc3ccc(Nc4ncnc5c4cnn5C)cc3C2=O)C(=O)N1. The van der Waals surface area contributed by atoms with E-state index in [0.29, 0.717) is 36.5 Å². The van der Waals surface area contributed by atoms with Crippen LogP contribution in [0.4, 0.5) is 11.5 Å². The third-order valence-corrected chi connectivity index (χ3v) is 5.43. The molecule has 0 aliphatic carbocycles. The Balaban J connectivity index is 1.42. The summed E-state index contributed by atoms with van der Waals surface area (Å²) in [4.78, 5) is 35.5. The standard InChI is InChI=1S/C20H19N7O2/c1-11-3-6-16(19(28)24-11)27-9-12-4-5-13(7-14(12)20(27)29)25-17-15-8-23-26(2)18(15)22-10-21-17/h4-5,7-8,10,16H,1,3,6,9H2,2H3,(H,24,28)(H,21,22,25). The summed E-state index contributed by atoms with van der Waals surface area (Å²) in [6.45, 7) is 4.23. The minimum atomic E-state index is -0.464. The molecule has 4 heterocycles. The van der Waals surface area contributed by atoms with E-state index in [1.165, 1.54) is 6.33 Å². The van der Waals surface area contributed by atoms with E-state index in [9.17, 15) is 9.59 Å². The molecule has 0 bridgehead atoms. The number of aryl methyl sites for hydroxylation is 1. The molecular formula is C20H19N7O2. The largest absolute Gasteiger partial charge is 0.339 e. The third kappa shape index (κ3) is 2.82. The number of hydrogen-bond acceptors (Lipinski definition) is 6. The Morgan fingerprint density at radius 3 is 2.97 bits per heavy atom. The van der Waals surface area contributed by atoms with Crippen LogP contribution in [0.2, 0.25) is 0 Å². The van der Waals surface area contributed by atoms with E-state index in [4.69, 9.17) is 0 Å². The lowest BCUT2D eigenvalue weighted by Crippen LogP contribution is -2.49. The third-order valence-electron chi connectivity index (χ3n) is 5.43. The van der Waals surface area contributed by atoms with Gasteiger partial charge in [-0.2, -0.15) is 5.10 Å². The number of anilines is 2. The van der Waals surface area contributed by atoms with E-state index < -0.39 is 6.04 Å². The van der Waals surface area contributed by atoms with Gasteiger partial charge in [-0.3, -0.25) is 14.3 Å². The van der Waals surface area contributed by atoms with Crippen molar-refractivity contribution in [2.45, 2.75) is 25.4 Å². The van der Waals surface area contributed by atoms with Crippen LogP contribution in [-0.4, -0.2) is 42.5 Å². The molecule has 9 heteroatoms. The number of rotatable bonds is 3. The molecule has 0 spiro atoms. The summed E-state index contributed by atoms with van der Waals surface area (Å²) < 4.78 is 1.68. The van der Waals surface area contributed by atoms with Gasteiger partial charge in [0.1, 0.15) is 18.2 Å². The molecule has 2 N–H and O–H groups in total. The van der Waals surface area contributed by atoms with Crippen molar-refractivity contribution in [1.29, 1.82) is 0 Å². The predicted molar refractivity (Wildman–Crippen MR) is 106 cm³/mol. The first-order valence-electron chi connectivity index (χ1n) is 9.33. The maximum absolute atomic E-state index is 13.0. The van der Waals surface area contributed by atoms with E-state index in [0.717, 1.165) is 22.3 Å². The van der Waals surface area contributed by atoms with Gasteiger partial charge in [0.2, 0.25) is 5.91 Å². The van der Waals surface area contributed by atoms with E-state index in [-0.39, 0.29) is 11.8 Å². The minimum absolute atomic E-state index is 0.134. The summed E-state index contributed by atoms with van der Waals surface area (Å²) in [5.74, 6) is 0.321. The van der Waals surface area contributed by atoms with Crippen molar-refractivity contribution in [2.24, 2.45) is 7.05 Å². The zero-order valence-electron chi connectivity index (χ0n) is 15.8. The highest BCUT2D eigenvalue weighted by atomic mass is 16.2. The van der Waals surface area contributed by atoms with Gasteiger partial charge in [0.05, 0.1) is 11.6 Å². The zero-order valence-corrected chi connectivity index (χ0v) is 15.8. The summed E-state index contributed by atoms with van der Waals surface area (Å²) in [5.41, 5.74) is 3.67. The molecule has 1 unspecified atom stereocenters. The fourth-order valence-corrected chi connectivity index (χ4v) is 3.91. The molecule has 2 aliphatic rings. The number of aromatic nitrogens is 4. The molecule has 1 atom stereocenters. The maximum atomic E-state index is 13.0. The van der Waals surface area contributed by atoms with Crippen LogP contribution in [0.5, 0.6) is 0 Å². The normalized spacial score (nSPS) is 18.9. The maximum Gasteiger partial charge on any atom is 0.255 e. The molecule has 3 aromatic rings. The summed E-state index contributed by atoms with van der Waals surface area (Å²) in [5, 5.41) is 11.0. The van der Waals surface area contributed by atoms with Gasteiger partial charge in [-0.25, -0.2) is 9.97 Å². The molecule has 1 aromatic carbocycles. The van der Waals surface area contributed by atoms with Crippen LogP contribution in [0.25, 0.3) is 11.0 Å². The van der Waals surface area contributed by atoms with Crippen molar-refractivity contribution in [2.75, 3.05) is 5.32 Å². The number of amides is 2. The molecule has 29 heavy (non-hydrogen) atoms. The smallest absolute Gasteiger partial charge is 0.255 e. The topological polar surface area (TPSA) is 105 Å². The average molecular weight is 389 g/mol. The fourth-order valence-electron chi connectivity index (χ4n) is 3.91. The Morgan fingerprint density at radius 2 is 2.14 bits per heavy atom. The Bertz CT molecular complexity index is 1180. The highest BCUT2D eigenvalue weighted by Gasteiger charge is 2.38. The Morgan fingerprint density at radius 1 is 1.28 bits per heavy atom. The van der Waals surface area contributed by atoms with Crippen molar-refractivity contribution in [3.05, 3.63) is 54.1 Å². The van der Waals surface area contributed by atoms with Crippen LogP contribution < -0.4 is 10.6 Å². The molecule has 0 saturated carbocycles. The molecule has 2 aromatic heterocycles. The number of fused-ring (bicyclic) bond motifs is 2. The highest BCUT2D eigenvalue weighted by molar-refractivity contribution is 6.02. The molecule has 1 saturated heterocycles. The van der Waals surface area contributed by atoms with Crippen molar-refractivity contribution >= 4 is 34.4 Å². The highest BCUT2D eigenvalue weighted by Crippen LogP contribution is 2.31. The number of nitrogens with one attached hydrogen (secondary N) is 2. The lowest BCUT2D eigenvalue weighted by Gasteiger charge is -2.30. The first-order chi connectivity index (χ1) is 14.0. The Kier molecular flexibility index (Phi) is 3.83. The van der Waals surface area contributed by atoms with Crippen LogP contribution in [0.1, 0.15) is 28.8 Å². The van der Waals surface area contributed by atoms with Gasteiger partial charge in [-0.15, -0.1) is 0 Å². The summed E-state index contributed by atoms with van der Waals surface area (Å²) in [6.07, 6.45) is 4.45. The number of nitrogens with zero attached hydrogens (tertiary/aromatic N) is 5. The first kappa shape index (κ1) is 17.4. The number of carbonyl (C=O) groups excluding carboxylic acids is 2. The Labute approximate surface area is 166 Å². The van der Waals surface area contributed by atoms with Crippen LogP contribution in [0, 0.1) is 0 Å². The fraction of sp³-hybridized carbons (Fsp3) is 0.250. The monoisotopic (exact) mass is 389 g/mol. The molecule has 2 amide bonds. The summed E-state index contributed by atoms with van der Waals surface area (Å²) in [6, 6.07) is 5.16. The summed E-state index contributed by atoms with van der Waals surface area (Å²) in [7, 11) is 1.82. The van der Waals surface area contributed by atoms with Crippen molar-refractivity contribution < 1.29 is 9.59 Å². The average Bonchev–Trinajstić information content (AvgIpc) is 3.24. The van der Waals surface area contributed by atoms with Crippen molar-refractivity contribution in [3.8, 4) is 0 Å². The number of benzene rings is 1. The predicted octanol–water partition coefficient (Wildman–Crippen LogP) is 1.85. The van der Waals surface area contributed by atoms with E-state index in [1.807, 2.05) is 25.2 Å². The Hall–Kier alpha value is -3.75.